The van der Waals surface area contributed by atoms with Gasteiger partial charge in [-0.25, -0.2) is 4.98 Å². The fourth-order valence-electron chi connectivity index (χ4n) is 2.57. The van der Waals surface area contributed by atoms with E-state index in [1.165, 1.54) is 11.1 Å². The molecule has 0 aliphatic heterocycles. The second kappa shape index (κ2) is 5.25. The summed E-state index contributed by atoms with van der Waals surface area (Å²) in [5.74, 6) is 0. The maximum Gasteiger partial charge on any atom is 0.109 e. The molecule has 1 aromatic heterocycles. The first-order valence-electron chi connectivity index (χ1n) is 6.30. The number of pyridine rings is 1. The number of anilines is 1. The van der Waals surface area contributed by atoms with Gasteiger partial charge in [0.1, 0.15) is 4.60 Å². The average molecular weight is 382 g/mol. The zero-order valence-corrected chi connectivity index (χ0v) is 13.8. The summed E-state index contributed by atoms with van der Waals surface area (Å²) in [5, 5.41) is 3.59. The van der Waals surface area contributed by atoms with Crippen molar-refractivity contribution in [2.24, 2.45) is 0 Å². The van der Waals surface area contributed by atoms with Gasteiger partial charge in [-0.3, -0.25) is 0 Å². The molecule has 1 atom stereocenters. The fourth-order valence-corrected chi connectivity index (χ4v) is 3.20. The molecule has 1 unspecified atom stereocenters. The van der Waals surface area contributed by atoms with Gasteiger partial charge in [0.05, 0.1) is 17.9 Å². The van der Waals surface area contributed by atoms with E-state index in [2.05, 4.69) is 73.3 Å². The van der Waals surface area contributed by atoms with E-state index in [1.54, 1.807) is 0 Å². The number of nitrogens with one attached hydrogen (secondary N) is 1. The van der Waals surface area contributed by atoms with Crippen LogP contribution in [0.2, 0.25) is 0 Å². The van der Waals surface area contributed by atoms with Gasteiger partial charge in [0.15, 0.2) is 0 Å². The minimum Gasteiger partial charge on any atom is -0.377 e. The Balaban J connectivity index is 1.84. The molecule has 19 heavy (non-hydrogen) atoms. The Bertz CT molecular complexity index is 626. The van der Waals surface area contributed by atoms with Crippen LogP contribution in [0.25, 0.3) is 0 Å². The van der Waals surface area contributed by atoms with Crippen LogP contribution in [0.3, 0.4) is 0 Å². The standard InChI is InChI=1S/C15H14Br2N2/c1-9-6-12(8-18-15(9)17)19-14-5-2-10-7-11(16)3-4-13(10)14/h3-4,6-8,14,19H,2,5H2,1H3. The maximum atomic E-state index is 4.34. The van der Waals surface area contributed by atoms with Crippen molar-refractivity contribution in [2.45, 2.75) is 25.8 Å². The van der Waals surface area contributed by atoms with Crippen molar-refractivity contribution < 1.29 is 0 Å². The topological polar surface area (TPSA) is 24.9 Å². The minimum absolute atomic E-state index is 0.394. The maximum absolute atomic E-state index is 4.34. The van der Waals surface area contributed by atoms with Crippen molar-refractivity contribution in [1.82, 2.24) is 4.98 Å². The number of fused-ring (bicyclic) bond motifs is 1. The molecule has 0 spiro atoms. The van der Waals surface area contributed by atoms with Gasteiger partial charge in [-0.2, -0.15) is 0 Å². The summed E-state index contributed by atoms with van der Waals surface area (Å²) in [6, 6.07) is 9.08. The van der Waals surface area contributed by atoms with Crippen LogP contribution in [-0.2, 0) is 6.42 Å². The molecule has 1 N–H and O–H groups in total. The predicted octanol–water partition coefficient (Wildman–Crippen LogP) is 5.01. The highest BCUT2D eigenvalue weighted by molar-refractivity contribution is 9.10. The Morgan fingerprint density at radius 1 is 1.26 bits per heavy atom. The molecule has 0 bridgehead atoms. The second-order valence-corrected chi connectivity index (χ2v) is 6.58. The Morgan fingerprint density at radius 2 is 2.11 bits per heavy atom. The lowest BCUT2D eigenvalue weighted by Crippen LogP contribution is -2.07. The molecule has 1 aliphatic rings. The zero-order chi connectivity index (χ0) is 13.4. The molecule has 2 aromatic rings. The Kier molecular flexibility index (Phi) is 3.63. The van der Waals surface area contributed by atoms with Crippen LogP contribution in [-0.4, -0.2) is 4.98 Å². The Morgan fingerprint density at radius 3 is 2.89 bits per heavy atom. The smallest absolute Gasteiger partial charge is 0.109 e. The number of hydrogen-bond acceptors (Lipinski definition) is 2. The van der Waals surface area contributed by atoms with Gasteiger partial charge in [-0.05, 0) is 70.6 Å². The number of aromatic nitrogens is 1. The quantitative estimate of drug-likeness (QED) is 0.739. The lowest BCUT2D eigenvalue weighted by atomic mass is 10.1. The Hall–Kier alpha value is -0.870. The summed E-state index contributed by atoms with van der Waals surface area (Å²) < 4.78 is 2.07. The molecule has 98 valence electrons. The van der Waals surface area contributed by atoms with E-state index in [0.29, 0.717) is 6.04 Å². The van der Waals surface area contributed by atoms with E-state index in [4.69, 9.17) is 0 Å². The molecule has 1 heterocycles. The van der Waals surface area contributed by atoms with Gasteiger partial charge in [-0.1, -0.05) is 22.0 Å². The van der Waals surface area contributed by atoms with Crippen molar-refractivity contribution in [3.8, 4) is 0 Å². The fraction of sp³-hybridized carbons (Fsp3) is 0.267. The number of aryl methyl sites for hydroxylation is 2. The first kappa shape index (κ1) is 13.1. The van der Waals surface area contributed by atoms with Crippen molar-refractivity contribution in [2.75, 3.05) is 5.32 Å². The van der Waals surface area contributed by atoms with E-state index < -0.39 is 0 Å². The summed E-state index contributed by atoms with van der Waals surface area (Å²) in [5.41, 5.74) is 5.08. The highest BCUT2D eigenvalue weighted by Gasteiger charge is 2.22. The van der Waals surface area contributed by atoms with Crippen LogP contribution in [0.4, 0.5) is 5.69 Å². The molecular weight excluding hydrogens is 368 g/mol. The summed E-state index contributed by atoms with van der Waals surface area (Å²) in [4.78, 5) is 4.34. The van der Waals surface area contributed by atoms with Gasteiger partial charge >= 0.3 is 0 Å². The second-order valence-electron chi connectivity index (χ2n) is 4.91. The zero-order valence-electron chi connectivity index (χ0n) is 10.6. The molecule has 2 nitrogen and oxygen atoms in total. The molecule has 1 aliphatic carbocycles. The van der Waals surface area contributed by atoms with Gasteiger partial charge in [0.25, 0.3) is 0 Å². The summed E-state index contributed by atoms with van der Waals surface area (Å²) in [6.45, 7) is 2.06. The third-order valence-corrected chi connectivity index (χ3v) is 4.86. The van der Waals surface area contributed by atoms with Crippen molar-refractivity contribution in [3.05, 3.63) is 56.2 Å². The normalized spacial score (nSPS) is 17.3. The third kappa shape index (κ3) is 2.70. The highest BCUT2D eigenvalue weighted by atomic mass is 79.9. The van der Waals surface area contributed by atoms with Gasteiger partial charge in [0.2, 0.25) is 0 Å². The number of nitrogens with zero attached hydrogens (tertiary/aromatic N) is 1. The molecule has 1 aromatic carbocycles. The van der Waals surface area contributed by atoms with Crippen LogP contribution in [0.15, 0.2) is 39.5 Å². The Labute approximate surface area is 129 Å². The van der Waals surface area contributed by atoms with Gasteiger partial charge in [-0.15, -0.1) is 0 Å². The first-order chi connectivity index (χ1) is 9.13. The number of rotatable bonds is 2. The van der Waals surface area contributed by atoms with Crippen LogP contribution in [0.5, 0.6) is 0 Å². The van der Waals surface area contributed by atoms with Crippen LogP contribution < -0.4 is 5.32 Å². The molecule has 0 amide bonds. The van der Waals surface area contributed by atoms with Crippen LogP contribution in [0, 0.1) is 6.92 Å². The van der Waals surface area contributed by atoms with E-state index in [9.17, 15) is 0 Å². The molecular formula is C15H14Br2N2. The van der Waals surface area contributed by atoms with Crippen molar-refractivity contribution in [3.63, 3.8) is 0 Å². The molecule has 0 saturated carbocycles. The SMILES string of the molecule is Cc1cc(NC2CCc3cc(Br)ccc32)cnc1Br. The molecule has 0 saturated heterocycles. The van der Waals surface area contributed by atoms with E-state index in [0.717, 1.165) is 33.2 Å². The lowest BCUT2D eigenvalue weighted by molar-refractivity contribution is 0.761. The summed E-state index contributed by atoms with van der Waals surface area (Å²) >= 11 is 6.97. The van der Waals surface area contributed by atoms with Gasteiger partial charge < -0.3 is 5.32 Å². The minimum atomic E-state index is 0.394. The van der Waals surface area contributed by atoms with E-state index in [-0.39, 0.29) is 0 Å². The first-order valence-corrected chi connectivity index (χ1v) is 7.89. The van der Waals surface area contributed by atoms with E-state index in [1.807, 2.05) is 6.20 Å². The van der Waals surface area contributed by atoms with Crippen molar-refractivity contribution >= 4 is 37.5 Å². The van der Waals surface area contributed by atoms with E-state index >= 15 is 0 Å². The van der Waals surface area contributed by atoms with Crippen LogP contribution in [0.1, 0.15) is 29.2 Å². The number of halogens is 2. The number of benzene rings is 1. The van der Waals surface area contributed by atoms with Crippen LogP contribution >= 0.6 is 31.9 Å². The lowest BCUT2D eigenvalue weighted by Gasteiger charge is -2.16. The third-order valence-electron chi connectivity index (χ3n) is 3.54. The monoisotopic (exact) mass is 380 g/mol. The molecule has 0 fully saturated rings. The molecule has 4 heteroatoms. The highest BCUT2D eigenvalue weighted by Crippen LogP contribution is 2.35. The largest absolute Gasteiger partial charge is 0.377 e. The van der Waals surface area contributed by atoms with Gasteiger partial charge in [0, 0.05) is 4.47 Å². The predicted molar refractivity (Wildman–Crippen MR) is 85.5 cm³/mol. The molecule has 3 rings (SSSR count). The van der Waals surface area contributed by atoms with Crippen molar-refractivity contribution in [1.29, 1.82) is 0 Å². The summed E-state index contributed by atoms with van der Waals surface area (Å²) in [6.07, 6.45) is 4.16. The number of hydrogen-bond donors (Lipinski definition) is 1. The molecule has 0 radical (unpaired) electrons. The summed E-state index contributed by atoms with van der Waals surface area (Å²) in [7, 11) is 0. The average Bonchev–Trinajstić information content (AvgIpc) is 2.76.